The Morgan fingerprint density at radius 2 is 1.57 bits per heavy atom. The largest absolute Gasteiger partial charge is 0.493 e. The van der Waals surface area contributed by atoms with Gasteiger partial charge in [0.1, 0.15) is 31.9 Å². The predicted octanol–water partition coefficient (Wildman–Crippen LogP) is 5.11. The summed E-state index contributed by atoms with van der Waals surface area (Å²) in [6.07, 6.45) is 2.08. The van der Waals surface area contributed by atoms with Crippen LogP contribution in [-0.2, 0) is 48.2 Å². The number of anilines is 2. The molecular formula is C44H55N5O12. The number of benzene rings is 3. The van der Waals surface area contributed by atoms with Crippen LogP contribution < -0.4 is 30.7 Å². The lowest BCUT2D eigenvalue weighted by Gasteiger charge is -2.35. The maximum absolute atomic E-state index is 14.0. The number of hydrogen-bond acceptors (Lipinski definition) is 12. The maximum Gasteiger partial charge on any atom is 0.411 e. The van der Waals surface area contributed by atoms with Gasteiger partial charge in [0, 0.05) is 18.3 Å². The summed E-state index contributed by atoms with van der Waals surface area (Å²) >= 11 is 0. The minimum atomic E-state index is -0.958. The number of alkyl carbamates (subject to hydrolysis) is 1. The number of aliphatic hydroxyl groups excluding tert-OH is 1. The number of amides is 5. The lowest BCUT2D eigenvalue weighted by atomic mass is 10.0. The van der Waals surface area contributed by atoms with Crippen molar-refractivity contribution in [3.63, 3.8) is 0 Å². The fourth-order valence-electron chi connectivity index (χ4n) is 6.39. The van der Waals surface area contributed by atoms with E-state index in [0.717, 1.165) is 24.0 Å². The molecule has 1 aliphatic heterocycles. The molecular weight excluding hydrogens is 791 g/mol. The van der Waals surface area contributed by atoms with Crippen LogP contribution in [0.4, 0.5) is 21.0 Å². The number of ether oxygens (including phenoxy) is 5. The average Bonchev–Trinajstić information content (AvgIpc) is 3.26. The SMILES string of the molecule is C=CCOC(=O)N[C@H](C(=O)N[C@@H](C)C(=O)Nc1ccc(COC(=O)Nc2cc(OCc3cccc(CC(=O)OC)c3)c(OC)cc2C(=O)N2CCCC[C@H]2CO)cc1)C(C)C. The Hall–Kier alpha value is -6.62. The summed E-state index contributed by atoms with van der Waals surface area (Å²) in [6.45, 7) is 8.54. The molecule has 0 bridgehead atoms. The molecule has 0 radical (unpaired) electrons. The molecule has 17 nitrogen and oxygen atoms in total. The third-order valence-corrected chi connectivity index (χ3v) is 9.73. The quantitative estimate of drug-likeness (QED) is 0.0604. The number of esters is 1. The van der Waals surface area contributed by atoms with E-state index in [2.05, 4.69) is 27.8 Å². The second-order valence-corrected chi connectivity index (χ2v) is 14.6. The molecule has 0 aliphatic carbocycles. The van der Waals surface area contributed by atoms with E-state index in [1.54, 1.807) is 61.2 Å². The number of nitrogens with one attached hydrogen (secondary N) is 4. The predicted molar refractivity (Wildman–Crippen MR) is 225 cm³/mol. The number of carbonyl (C=O) groups is 6. The van der Waals surface area contributed by atoms with Gasteiger partial charge in [0.05, 0.1) is 44.5 Å². The van der Waals surface area contributed by atoms with Gasteiger partial charge in [-0.3, -0.25) is 24.5 Å². The van der Waals surface area contributed by atoms with E-state index < -0.39 is 48.0 Å². The van der Waals surface area contributed by atoms with Crippen LogP contribution >= 0.6 is 0 Å². The number of hydrogen-bond donors (Lipinski definition) is 5. The summed E-state index contributed by atoms with van der Waals surface area (Å²) in [5.74, 6) is -1.72. The average molecular weight is 846 g/mol. The third kappa shape index (κ3) is 14.0. The van der Waals surface area contributed by atoms with Gasteiger partial charge in [0.25, 0.3) is 5.91 Å². The van der Waals surface area contributed by atoms with Crippen LogP contribution in [0.3, 0.4) is 0 Å². The van der Waals surface area contributed by atoms with Crippen LogP contribution in [0.25, 0.3) is 0 Å². The van der Waals surface area contributed by atoms with E-state index in [0.29, 0.717) is 24.2 Å². The molecule has 1 fully saturated rings. The summed E-state index contributed by atoms with van der Waals surface area (Å²) in [5, 5.41) is 20.5. The molecule has 4 rings (SSSR count). The van der Waals surface area contributed by atoms with Crippen LogP contribution in [-0.4, -0.2) is 98.0 Å². The lowest BCUT2D eigenvalue weighted by Crippen LogP contribution is -2.53. The van der Waals surface area contributed by atoms with Gasteiger partial charge in [0.15, 0.2) is 11.5 Å². The van der Waals surface area contributed by atoms with Gasteiger partial charge < -0.3 is 49.6 Å². The van der Waals surface area contributed by atoms with E-state index in [-0.39, 0.29) is 67.5 Å². The maximum atomic E-state index is 14.0. The van der Waals surface area contributed by atoms with E-state index in [1.807, 2.05) is 6.07 Å². The van der Waals surface area contributed by atoms with Crippen molar-refractivity contribution in [1.82, 2.24) is 15.5 Å². The normalized spacial score (nSPS) is 14.4. The topological polar surface area (TPSA) is 220 Å². The zero-order chi connectivity index (χ0) is 44.5. The highest BCUT2D eigenvalue weighted by Crippen LogP contribution is 2.36. The third-order valence-electron chi connectivity index (χ3n) is 9.73. The summed E-state index contributed by atoms with van der Waals surface area (Å²) in [6, 6.07) is 14.3. The Morgan fingerprint density at radius 1 is 0.836 bits per heavy atom. The van der Waals surface area contributed by atoms with E-state index >= 15 is 0 Å². The van der Waals surface area contributed by atoms with Gasteiger partial charge in [-0.1, -0.05) is 62.9 Å². The summed E-state index contributed by atoms with van der Waals surface area (Å²) in [7, 11) is 2.75. The van der Waals surface area contributed by atoms with Crippen molar-refractivity contribution >= 4 is 47.3 Å². The Bertz CT molecular complexity index is 2020. The summed E-state index contributed by atoms with van der Waals surface area (Å²) in [4.78, 5) is 78.5. The molecule has 0 spiro atoms. The number of methoxy groups -OCH3 is 2. The van der Waals surface area contributed by atoms with Crippen LogP contribution in [0.1, 0.15) is 67.1 Å². The lowest BCUT2D eigenvalue weighted by molar-refractivity contribution is -0.139. The molecule has 61 heavy (non-hydrogen) atoms. The van der Waals surface area contributed by atoms with Gasteiger partial charge in [-0.15, -0.1) is 0 Å². The minimum absolute atomic E-state index is 0.0227. The molecule has 3 aromatic rings. The van der Waals surface area contributed by atoms with Gasteiger partial charge >= 0.3 is 18.2 Å². The Kier molecular flexibility index (Phi) is 17.9. The van der Waals surface area contributed by atoms with Crippen molar-refractivity contribution in [1.29, 1.82) is 0 Å². The summed E-state index contributed by atoms with van der Waals surface area (Å²) in [5.41, 5.74) is 2.67. The molecule has 1 heterocycles. The zero-order valence-corrected chi connectivity index (χ0v) is 35.1. The second-order valence-electron chi connectivity index (χ2n) is 14.6. The van der Waals surface area contributed by atoms with Crippen molar-refractivity contribution < 1.29 is 57.6 Å². The standard InChI is InChI=1S/C44H55N5O12/c1-7-19-59-44(56)48-39(27(2)3)41(53)45-28(4)40(52)46-32-16-14-29(15-17-32)25-61-43(55)47-35-23-37(60-26-31-12-10-11-30(20-31)21-38(51)58-6)36(57-5)22-34(35)42(54)49-18-9-8-13-33(49)24-50/h7,10-12,14-17,20,22-23,27-28,33,39,50H,1,8-9,13,18-19,21,24-26H2,2-6H3,(H,45,53)(H,46,52)(H,47,55)(H,48,56)/t28-,33-,39-/m0/s1. The molecule has 5 amide bonds. The van der Waals surface area contributed by atoms with E-state index in [4.69, 9.17) is 23.7 Å². The molecule has 3 aromatic carbocycles. The number of nitrogens with zero attached hydrogens (tertiary/aromatic N) is 1. The second kappa shape index (κ2) is 23.2. The van der Waals surface area contributed by atoms with Crippen molar-refractivity contribution in [2.45, 2.75) is 77.8 Å². The highest BCUT2D eigenvalue weighted by Gasteiger charge is 2.31. The van der Waals surface area contributed by atoms with Gasteiger partial charge in [-0.05, 0) is 67.0 Å². The zero-order valence-electron chi connectivity index (χ0n) is 35.1. The number of aliphatic hydroxyl groups is 1. The van der Waals surface area contributed by atoms with E-state index in [1.165, 1.54) is 39.4 Å². The molecule has 17 heteroatoms. The van der Waals surface area contributed by atoms with Crippen LogP contribution in [0, 0.1) is 5.92 Å². The molecule has 0 saturated carbocycles. The Balaban J connectivity index is 1.43. The Morgan fingerprint density at radius 3 is 2.25 bits per heavy atom. The first-order valence-corrected chi connectivity index (χ1v) is 19.9. The molecule has 1 saturated heterocycles. The molecule has 0 aromatic heterocycles. The van der Waals surface area contributed by atoms with Gasteiger partial charge in [-0.25, -0.2) is 9.59 Å². The highest BCUT2D eigenvalue weighted by molar-refractivity contribution is 6.04. The molecule has 0 unspecified atom stereocenters. The first kappa shape index (κ1) is 47.1. The number of carbonyl (C=O) groups excluding carboxylic acids is 6. The summed E-state index contributed by atoms with van der Waals surface area (Å²) < 4.78 is 26.9. The first-order valence-electron chi connectivity index (χ1n) is 19.9. The number of rotatable bonds is 19. The smallest absolute Gasteiger partial charge is 0.411 e. The van der Waals surface area contributed by atoms with E-state index in [9.17, 15) is 33.9 Å². The monoisotopic (exact) mass is 845 g/mol. The molecule has 3 atom stereocenters. The van der Waals surface area contributed by atoms with Gasteiger partial charge in [-0.2, -0.15) is 0 Å². The highest BCUT2D eigenvalue weighted by atomic mass is 16.6. The van der Waals surface area contributed by atoms with Crippen LogP contribution in [0.5, 0.6) is 11.5 Å². The fraction of sp³-hybridized carbons (Fsp3) is 0.409. The van der Waals surface area contributed by atoms with Crippen molar-refractivity contribution in [2.24, 2.45) is 5.92 Å². The van der Waals surface area contributed by atoms with Crippen molar-refractivity contribution in [2.75, 3.05) is 44.6 Å². The van der Waals surface area contributed by atoms with Gasteiger partial charge in [0.2, 0.25) is 11.8 Å². The molecule has 1 aliphatic rings. The number of likely N-dealkylation sites (tertiary alicyclic amines) is 1. The molecule has 328 valence electrons. The van der Waals surface area contributed by atoms with Crippen LogP contribution in [0.2, 0.25) is 0 Å². The minimum Gasteiger partial charge on any atom is -0.493 e. The Labute approximate surface area is 355 Å². The van der Waals surface area contributed by atoms with Crippen LogP contribution in [0.15, 0.2) is 73.3 Å². The number of piperidine rings is 1. The van der Waals surface area contributed by atoms with Crippen molar-refractivity contribution in [3.05, 3.63) is 95.6 Å². The first-order chi connectivity index (χ1) is 29.3. The van der Waals surface area contributed by atoms with Crippen molar-refractivity contribution in [3.8, 4) is 11.5 Å². The molecule has 5 N–H and O–H groups in total. The fourth-order valence-corrected chi connectivity index (χ4v) is 6.39.